The van der Waals surface area contributed by atoms with Gasteiger partial charge in [0.25, 0.3) is 0 Å². The summed E-state index contributed by atoms with van der Waals surface area (Å²) in [7, 11) is 0. The lowest BCUT2D eigenvalue weighted by molar-refractivity contribution is 0.134. The molecule has 0 bridgehead atoms. The minimum atomic E-state index is 0.530. The highest BCUT2D eigenvalue weighted by atomic mass is 16.5. The fourth-order valence-corrected chi connectivity index (χ4v) is 4.02. The van der Waals surface area contributed by atoms with Crippen molar-refractivity contribution in [3.63, 3.8) is 0 Å². The second kappa shape index (κ2) is 6.28. The maximum absolute atomic E-state index is 5.87. The summed E-state index contributed by atoms with van der Waals surface area (Å²) in [6.07, 6.45) is 10.7. The SMILES string of the molecule is NCCC1(CCc2ccc3c(c2)COC3)CCCCC1. The van der Waals surface area contributed by atoms with E-state index in [-0.39, 0.29) is 0 Å². The highest BCUT2D eigenvalue weighted by Gasteiger charge is 2.30. The van der Waals surface area contributed by atoms with Gasteiger partial charge < -0.3 is 10.5 Å². The van der Waals surface area contributed by atoms with Gasteiger partial charge in [0.2, 0.25) is 0 Å². The molecule has 0 spiro atoms. The molecule has 0 unspecified atom stereocenters. The summed E-state index contributed by atoms with van der Waals surface area (Å²) in [6.45, 7) is 2.45. The highest BCUT2D eigenvalue weighted by molar-refractivity contribution is 5.33. The molecule has 20 heavy (non-hydrogen) atoms. The van der Waals surface area contributed by atoms with Crippen LogP contribution >= 0.6 is 0 Å². The molecule has 2 heteroatoms. The lowest BCUT2D eigenvalue weighted by Gasteiger charge is -2.37. The molecule has 110 valence electrons. The Morgan fingerprint density at radius 2 is 1.80 bits per heavy atom. The lowest BCUT2D eigenvalue weighted by Crippen LogP contribution is -2.28. The van der Waals surface area contributed by atoms with Crippen LogP contribution in [0.5, 0.6) is 0 Å². The molecule has 1 fully saturated rings. The van der Waals surface area contributed by atoms with Crippen molar-refractivity contribution in [2.75, 3.05) is 6.54 Å². The molecular weight excluding hydrogens is 246 g/mol. The number of nitrogens with two attached hydrogens (primary N) is 1. The Kier molecular flexibility index (Phi) is 4.42. The molecule has 1 aliphatic carbocycles. The maximum Gasteiger partial charge on any atom is 0.0725 e. The van der Waals surface area contributed by atoms with E-state index in [1.807, 2.05) is 0 Å². The van der Waals surface area contributed by atoms with E-state index in [9.17, 15) is 0 Å². The van der Waals surface area contributed by atoms with Crippen LogP contribution in [-0.2, 0) is 24.4 Å². The normalized spacial score (nSPS) is 20.9. The van der Waals surface area contributed by atoms with Crippen LogP contribution in [0, 0.1) is 5.41 Å². The largest absolute Gasteiger partial charge is 0.372 e. The van der Waals surface area contributed by atoms with E-state index < -0.39 is 0 Å². The first-order chi connectivity index (χ1) is 9.81. The van der Waals surface area contributed by atoms with Gasteiger partial charge in [0, 0.05) is 0 Å². The van der Waals surface area contributed by atoms with E-state index in [0.29, 0.717) is 5.41 Å². The van der Waals surface area contributed by atoms with Gasteiger partial charge in [0.05, 0.1) is 13.2 Å². The van der Waals surface area contributed by atoms with Gasteiger partial charge in [-0.05, 0) is 60.8 Å². The Balaban J connectivity index is 1.64. The van der Waals surface area contributed by atoms with Gasteiger partial charge in [-0.1, -0.05) is 37.5 Å². The average molecular weight is 273 g/mol. The van der Waals surface area contributed by atoms with Gasteiger partial charge in [-0.3, -0.25) is 0 Å². The Hall–Kier alpha value is -0.860. The first-order valence-electron chi connectivity index (χ1n) is 8.20. The van der Waals surface area contributed by atoms with Crippen molar-refractivity contribution in [3.8, 4) is 0 Å². The van der Waals surface area contributed by atoms with Crippen LogP contribution in [0.25, 0.3) is 0 Å². The molecule has 2 N–H and O–H groups in total. The molecule has 0 atom stereocenters. The Morgan fingerprint density at radius 1 is 1.00 bits per heavy atom. The first-order valence-corrected chi connectivity index (χ1v) is 8.20. The quantitative estimate of drug-likeness (QED) is 0.881. The third kappa shape index (κ3) is 3.07. The minimum absolute atomic E-state index is 0.530. The predicted molar refractivity (Wildman–Crippen MR) is 82.4 cm³/mol. The monoisotopic (exact) mass is 273 g/mol. The molecule has 0 amide bonds. The lowest BCUT2D eigenvalue weighted by atomic mass is 9.68. The van der Waals surface area contributed by atoms with Gasteiger partial charge in [0.1, 0.15) is 0 Å². The summed E-state index contributed by atoms with van der Waals surface area (Å²) in [5.74, 6) is 0. The van der Waals surface area contributed by atoms with Crippen molar-refractivity contribution in [1.82, 2.24) is 0 Å². The second-order valence-corrected chi connectivity index (χ2v) is 6.70. The van der Waals surface area contributed by atoms with Crippen molar-refractivity contribution >= 4 is 0 Å². The fraction of sp³-hybridized carbons (Fsp3) is 0.667. The van der Waals surface area contributed by atoms with Gasteiger partial charge in [0.15, 0.2) is 0 Å². The first kappa shape index (κ1) is 14.1. The number of aryl methyl sites for hydroxylation is 1. The van der Waals surface area contributed by atoms with E-state index >= 15 is 0 Å². The maximum atomic E-state index is 5.87. The van der Waals surface area contributed by atoms with Gasteiger partial charge in [-0.15, -0.1) is 0 Å². The third-order valence-corrected chi connectivity index (χ3v) is 5.32. The predicted octanol–water partition coefficient (Wildman–Crippen LogP) is 3.95. The number of benzene rings is 1. The standard InChI is InChI=1S/C18H27NO/c19-11-10-18(7-2-1-3-8-18)9-6-15-4-5-16-13-20-14-17(16)12-15/h4-5,12H,1-3,6-11,13-14,19H2. The molecule has 3 rings (SSSR count). The molecule has 0 aromatic heterocycles. The summed E-state index contributed by atoms with van der Waals surface area (Å²) in [5, 5.41) is 0. The number of fused-ring (bicyclic) bond motifs is 1. The Bertz CT molecular complexity index is 443. The minimum Gasteiger partial charge on any atom is -0.372 e. The summed E-state index contributed by atoms with van der Waals surface area (Å²) in [4.78, 5) is 0. The number of rotatable bonds is 5. The van der Waals surface area contributed by atoms with E-state index in [0.717, 1.165) is 19.8 Å². The number of hydrogen-bond acceptors (Lipinski definition) is 2. The van der Waals surface area contributed by atoms with Crippen LogP contribution in [0.15, 0.2) is 18.2 Å². The third-order valence-electron chi connectivity index (χ3n) is 5.32. The molecule has 1 aliphatic heterocycles. The Morgan fingerprint density at radius 3 is 2.60 bits per heavy atom. The van der Waals surface area contributed by atoms with E-state index in [1.54, 1.807) is 0 Å². The van der Waals surface area contributed by atoms with Crippen LogP contribution in [0.1, 0.15) is 61.6 Å². The van der Waals surface area contributed by atoms with Crippen LogP contribution in [0.4, 0.5) is 0 Å². The van der Waals surface area contributed by atoms with E-state index in [1.165, 1.54) is 68.1 Å². The molecule has 0 radical (unpaired) electrons. The molecule has 2 nitrogen and oxygen atoms in total. The van der Waals surface area contributed by atoms with Crippen LogP contribution in [0.3, 0.4) is 0 Å². The van der Waals surface area contributed by atoms with Gasteiger partial charge in [-0.25, -0.2) is 0 Å². The summed E-state index contributed by atoms with van der Waals surface area (Å²) in [6, 6.07) is 6.92. The van der Waals surface area contributed by atoms with Crippen molar-refractivity contribution in [3.05, 3.63) is 34.9 Å². The van der Waals surface area contributed by atoms with Crippen molar-refractivity contribution in [2.45, 2.75) is 64.6 Å². The molecule has 1 aromatic rings. The zero-order valence-electron chi connectivity index (χ0n) is 12.5. The van der Waals surface area contributed by atoms with Crippen LogP contribution in [0.2, 0.25) is 0 Å². The summed E-state index contributed by atoms with van der Waals surface area (Å²) in [5.41, 5.74) is 10.7. The van der Waals surface area contributed by atoms with Gasteiger partial charge >= 0.3 is 0 Å². The Labute approximate surface area is 122 Å². The zero-order chi connectivity index (χ0) is 13.8. The molecule has 1 saturated carbocycles. The van der Waals surface area contributed by atoms with E-state index in [4.69, 9.17) is 10.5 Å². The summed E-state index contributed by atoms with van der Waals surface area (Å²) < 4.78 is 5.51. The van der Waals surface area contributed by atoms with Gasteiger partial charge in [-0.2, -0.15) is 0 Å². The van der Waals surface area contributed by atoms with Crippen LogP contribution < -0.4 is 5.73 Å². The molecule has 1 aromatic carbocycles. The zero-order valence-corrected chi connectivity index (χ0v) is 12.5. The smallest absolute Gasteiger partial charge is 0.0725 e. The fourth-order valence-electron chi connectivity index (χ4n) is 4.02. The second-order valence-electron chi connectivity index (χ2n) is 6.70. The van der Waals surface area contributed by atoms with Crippen LogP contribution in [-0.4, -0.2) is 6.54 Å². The molecular formula is C18H27NO. The molecule has 2 aliphatic rings. The number of hydrogen-bond donors (Lipinski definition) is 1. The number of ether oxygens (including phenoxy) is 1. The van der Waals surface area contributed by atoms with Crippen molar-refractivity contribution in [2.24, 2.45) is 11.1 Å². The highest BCUT2D eigenvalue weighted by Crippen LogP contribution is 2.42. The van der Waals surface area contributed by atoms with Crippen molar-refractivity contribution < 1.29 is 4.74 Å². The topological polar surface area (TPSA) is 35.2 Å². The average Bonchev–Trinajstić information content (AvgIpc) is 2.94. The molecule has 1 heterocycles. The van der Waals surface area contributed by atoms with E-state index in [2.05, 4.69) is 18.2 Å². The van der Waals surface area contributed by atoms with Crippen molar-refractivity contribution in [1.29, 1.82) is 0 Å². The summed E-state index contributed by atoms with van der Waals surface area (Å²) >= 11 is 0. The molecule has 0 saturated heterocycles.